The third kappa shape index (κ3) is 2.90. The van der Waals surface area contributed by atoms with E-state index in [2.05, 4.69) is 21.2 Å². The summed E-state index contributed by atoms with van der Waals surface area (Å²) in [5, 5.41) is 12.6. The molecule has 0 aliphatic carbocycles. The summed E-state index contributed by atoms with van der Waals surface area (Å²) in [4.78, 5) is 11.3. The van der Waals surface area contributed by atoms with Crippen molar-refractivity contribution in [2.45, 2.75) is 19.9 Å². The van der Waals surface area contributed by atoms with Gasteiger partial charge in [0.1, 0.15) is 12.4 Å². The molecule has 0 radical (unpaired) electrons. The summed E-state index contributed by atoms with van der Waals surface area (Å²) in [6.07, 6.45) is -0.450. The SMILES string of the molecule is CC1(C)COC(=O)N[C@@H]1c1cc(Br)ccc1O.Cl. The molecule has 6 heteroatoms. The van der Waals surface area contributed by atoms with Crippen molar-refractivity contribution >= 4 is 34.4 Å². The molecule has 18 heavy (non-hydrogen) atoms. The van der Waals surface area contributed by atoms with Crippen LogP contribution in [-0.2, 0) is 4.74 Å². The average molecular weight is 337 g/mol. The summed E-state index contributed by atoms with van der Waals surface area (Å²) in [6.45, 7) is 4.30. The minimum atomic E-state index is -0.450. The summed E-state index contributed by atoms with van der Waals surface area (Å²) < 4.78 is 5.83. The predicted octanol–water partition coefficient (Wildman–Crippen LogP) is 3.38. The van der Waals surface area contributed by atoms with Gasteiger partial charge in [0.2, 0.25) is 0 Å². The molecule has 2 N–H and O–H groups in total. The Bertz CT molecular complexity index is 465. The molecule has 4 nitrogen and oxygen atoms in total. The highest BCUT2D eigenvalue weighted by Crippen LogP contribution is 2.40. The van der Waals surface area contributed by atoms with Crippen molar-refractivity contribution in [1.29, 1.82) is 0 Å². The van der Waals surface area contributed by atoms with Crippen molar-refractivity contribution in [1.82, 2.24) is 5.32 Å². The van der Waals surface area contributed by atoms with E-state index in [1.165, 1.54) is 0 Å². The Morgan fingerprint density at radius 1 is 1.50 bits per heavy atom. The van der Waals surface area contributed by atoms with Gasteiger partial charge < -0.3 is 15.2 Å². The van der Waals surface area contributed by atoms with Crippen molar-refractivity contribution in [2.24, 2.45) is 5.41 Å². The second kappa shape index (κ2) is 5.36. The molecule has 0 aromatic heterocycles. The van der Waals surface area contributed by atoms with Crippen LogP contribution in [0, 0.1) is 5.41 Å². The fourth-order valence-electron chi connectivity index (χ4n) is 1.95. The summed E-state index contributed by atoms with van der Waals surface area (Å²) in [5.41, 5.74) is 0.424. The lowest BCUT2D eigenvalue weighted by atomic mass is 9.80. The summed E-state index contributed by atoms with van der Waals surface area (Å²) in [7, 11) is 0. The normalized spacial score (nSPS) is 21.5. The number of hydrogen-bond donors (Lipinski definition) is 2. The summed E-state index contributed by atoms with van der Waals surface area (Å²) >= 11 is 3.36. The Hall–Kier alpha value is -0.940. The molecule has 0 spiro atoms. The van der Waals surface area contributed by atoms with Gasteiger partial charge in [0.25, 0.3) is 0 Å². The van der Waals surface area contributed by atoms with Gasteiger partial charge in [0.15, 0.2) is 0 Å². The smallest absolute Gasteiger partial charge is 0.407 e. The number of carbonyl (C=O) groups is 1. The van der Waals surface area contributed by atoms with Gasteiger partial charge in [-0.1, -0.05) is 29.8 Å². The second-order valence-corrected chi connectivity index (χ2v) is 5.76. The highest BCUT2D eigenvalue weighted by atomic mass is 79.9. The largest absolute Gasteiger partial charge is 0.508 e. The van der Waals surface area contributed by atoms with Crippen LogP contribution in [0.1, 0.15) is 25.5 Å². The number of rotatable bonds is 1. The standard InChI is InChI=1S/C12H14BrNO3.ClH/c1-12(2)6-17-11(16)14-10(12)8-5-7(13)3-4-9(8)15;/h3-5,10,15H,6H2,1-2H3,(H,14,16);1H/t10-;/m1./s1. The maximum absolute atomic E-state index is 11.3. The molecule has 100 valence electrons. The molecule has 1 aromatic rings. The van der Waals surface area contributed by atoms with Crippen molar-refractivity contribution in [3.8, 4) is 5.75 Å². The zero-order valence-corrected chi connectivity index (χ0v) is 12.5. The molecule has 1 aromatic carbocycles. The van der Waals surface area contributed by atoms with Gasteiger partial charge in [-0.3, -0.25) is 0 Å². The Labute approximate surface area is 120 Å². The van der Waals surface area contributed by atoms with Gasteiger partial charge >= 0.3 is 6.09 Å². The molecule has 1 amide bonds. The second-order valence-electron chi connectivity index (χ2n) is 4.85. The number of alkyl carbamates (subject to hydrolysis) is 1. The van der Waals surface area contributed by atoms with Crippen molar-refractivity contribution < 1.29 is 14.6 Å². The molecule has 0 saturated carbocycles. The van der Waals surface area contributed by atoms with Crippen LogP contribution in [-0.4, -0.2) is 17.8 Å². The Morgan fingerprint density at radius 2 is 2.17 bits per heavy atom. The number of cyclic esters (lactones) is 1. The first-order valence-corrected chi connectivity index (χ1v) is 6.11. The highest BCUT2D eigenvalue weighted by molar-refractivity contribution is 9.10. The van der Waals surface area contributed by atoms with E-state index in [9.17, 15) is 9.90 Å². The van der Waals surface area contributed by atoms with Gasteiger partial charge in [-0.15, -0.1) is 12.4 Å². The van der Waals surface area contributed by atoms with E-state index < -0.39 is 6.09 Å². The quantitative estimate of drug-likeness (QED) is 0.826. The molecule has 0 bridgehead atoms. The highest BCUT2D eigenvalue weighted by Gasteiger charge is 2.39. The van der Waals surface area contributed by atoms with E-state index in [1.54, 1.807) is 12.1 Å². The maximum atomic E-state index is 11.3. The number of amides is 1. The zero-order chi connectivity index (χ0) is 12.6. The molecule has 1 saturated heterocycles. The summed E-state index contributed by atoms with van der Waals surface area (Å²) in [5.74, 6) is 0.175. The molecule has 1 aliphatic heterocycles. The van der Waals surface area contributed by atoms with Crippen LogP contribution in [0.3, 0.4) is 0 Å². The number of halogens is 2. The fourth-order valence-corrected chi connectivity index (χ4v) is 2.32. The van der Waals surface area contributed by atoms with Gasteiger partial charge in [0.05, 0.1) is 6.04 Å². The maximum Gasteiger partial charge on any atom is 0.407 e. The van der Waals surface area contributed by atoms with E-state index >= 15 is 0 Å². The van der Waals surface area contributed by atoms with E-state index in [1.807, 2.05) is 19.9 Å². The number of benzene rings is 1. The lowest BCUT2D eigenvalue weighted by molar-refractivity contribution is 0.0381. The van der Waals surface area contributed by atoms with E-state index in [0.29, 0.717) is 12.2 Å². The van der Waals surface area contributed by atoms with E-state index in [0.717, 1.165) is 4.47 Å². The fraction of sp³-hybridized carbons (Fsp3) is 0.417. The van der Waals surface area contributed by atoms with Gasteiger partial charge in [-0.2, -0.15) is 0 Å². The van der Waals surface area contributed by atoms with Crippen molar-refractivity contribution in [3.63, 3.8) is 0 Å². The first kappa shape index (κ1) is 15.1. The number of hydrogen-bond acceptors (Lipinski definition) is 3. The van der Waals surface area contributed by atoms with Crippen LogP contribution < -0.4 is 5.32 Å². The molecule has 0 unspecified atom stereocenters. The molecule has 1 fully saturated rings. The summed E-state index contributed by atoms with van der Waals surface area (Å²) in [6, 6.07) is 4.92. The van der Waals surface area contributed by atoms with Crippen LogP contribution in [0.2, 0.25) is 0 Å². The average Bonchev–Trinajstić information content (AvgIpc) is 2.26. The van der Waals surface area contributed by atoms with Crippen molar-refractivity contribution in [2.75, 3.05) is 6.61 Å². The van der Waals surface area contributed by atoms with Gasteiger partial charge in [-0.05, 0) is 18.2 Å². The molecular formula is C12H15BrClNO3. The first-order chi connectivity index (χ1) is 7.90. The monoisotopic (exact) mass is 335 g/mol. The van der Waals surface area contributed by atoms with Crippen LogP contribution in [0.15, 0.2) is 22.7 Å². The molecular weight excluding hydrogens is 321 g/mol. The predicted molar refractivity (Wildman–Crippen MR) is 74.1 cm³/mol. The Morgan fingerprint density at radius 3 is 2.83 bits per heavy atom. The van der Waals surface area contributed by atoms with E-state index in [4.69, 9.17) is 4.74 Å². The van der Waals surface area contributed by atoms with E-state index in [-0.39, 0.29) is 29.6 Å². The van der Waals surface area contributed by atoms with Crippen molar-refractivity contribution in [3.05, 3.63) is 28.2 Å². The van der Waals surface area contributed by atoms with Gasteiger partial charge in [0, 0.05) is 15.5 Å². The number of ether oxygens (including phenoxy) is 1. The number of phenolic OH excluding ortho intramolecular Hbond substituents is 1. The lowest BCUT2D eigenvalue weighted by Crippen LogP contribution is -2.46. The minimum absolute atomic E-state index is 0. The third-order valence-corrected chi connectivity index (χ3v) is 3.41. The van der Waals surface area contributed by atoms with Crippen LogP contribution in [0.5, 0.6) is 5.75 Å². The van der Waals surface area contributed by atoms with Crippen LogP contribution in [0.4, 0.5) is 4.79 Å². The molecule has 2 rings (SSSR count). The Kier molecular flexibility index (Phi) is 4.50. The molecule has 1 aliphatic rings. The third-order valence-electron chi connectivity index (χ3n) is 2.92. The number of aromatic hydroxyl groups is 1. The minimum Gasteiger partial charge on any atom is -0.508 e. The van der Waals surface area contributed by atoms with Crippen LogP contribution in [0.25, 0.3) is 0 Å². The lowest BCUT2D eigenvalue weighted by Gasteiger charge is -2.38. The number of nitrogens with one attached hydrogen (secondary N) is 1. The topological polar surface area (TPSA) is 58.6 Å². The van der Waals surface area contributed by atoms with Gasteiger partial charge in [-0.25, -0.2) is 4.79 Å². The molecule has 1 atom stereocenters. The number of phenols is 1. The number of carbonyl (C=O) groups excluding carboxylic acids is 1. The van der Waals surface area contributed by atoms with Crippen LogP contribution >= 0.6 is 28.3 Å². The first-order valence-electron chi connectivity index (χ1n) is 5.32. The Balaban J connectivity index is 0.00000162. The molecule has 1 heterocycles. The zero-order valence-electron chi connectivity index (χ0n) is 10.1.